The lowest BCUT2D eigenvalue weighted by molar-refractivity contribution is 0.184. The molecule has 0 aliphatic carbocycles. The molecule has 2 aromatic rings. The Morgan fingerprint density at radius 1 is 1.38 bits per heavy atom. The van der Waals surface area contributed by atoms with Crippen molar-refractivity contribution in [3.05, 3.63) is 30.1 Å². The van der Waals surface area contributed by atoms with Gasteiger partial charge < -0.3 is 14.8 Å². The minimum atomic E-state index is -3.00. The molecule has 0 spiro atoms. The molecule has 1 aromatic carbocycles. The van der Waals surface area contributed by atoms with Gasteiger partial charge in [-0.15, -0.1) is 0 Å². The summed E-state index contributed by atoms with van der Waals surface area (Å²) in [6.45, 7) is 2.93. The first-order valence-electron chi connectivity index (χ1n) is 9.06. The fourth-order valence-corrected chi connectivity index (χ4v) is 5.28. The van der Waals surface area contributed by atoms with Crippen LogP contribution >= 0.6 is 0 Å². The van der Waals surface area contributed by atoms with Crippen molar-refractivity contribution >= 4 is 26.9 Å². The standard InChI is InChI=1S/C18H26N4O3S/c1-3-22(14-10-12-26(24,25)13-14)18(23)19-11-6-9-17-20-15-7-4-5-8-16(15)21(17)2/h4-5,7-8,14H,3,6,9-13H2,1-2H3,(H,19,23). The van der Waals surface area contributed by atoms with Crippen LogP contribution in [0.4, 0.5) is 4.79 Å². The van der Waals surface area contributed by atoms with Gasteiger partial charge in [0.15, 0.2) is 9.84 Å². The van der Waals surface area contributed by atoms with Crippen LogP contribution < -0.4 is 5.32 Å². The molecule has 26 heavy (non-hydrogen) atoms. The zero-order valence-corrected chi connectivity index (χ0v) is 16.1. The third kappa shape index (κ3) is 4.00. The van der Waals surface area contributed by atoms with E-state index >= 15 is 0 Å². The van der Waals surface area contributed by atoms with Crippen LogP contribution in [0.1, 0.15) is 25.6 Å². The molecule has 2 heterocycles. The molecule has 1 atom stereocenters. The van der Waals surface area contributed by atoms with E-state index in [-0.39, 0.29) is 23.6 Å². The van der Waals surface area contributed by atoms with Gasteiger partial charge in [0.25, 0.3) is 0 Å². The lowest BCUT2D eigenvalue weighted by atomic mass is 10.2. The van der Waals surface area contributed by atoms with E-state index in [2.05, 4.69) is 14.9 Å². The Hall–Kier alpha value is -2.09. The zero-order valence-electron chi connectivity index (χ0n) is 15.3. The van der Waals surface area contributed by atoms with Crippen molar-refractivity contribution < 1.29 is 13.2 Å². The summed E-state index contributed by atoms with van der Waals surface area (Å²) in [5.74, 6) is 1.25. The van der Waals surface area contributed by atoms with Gasteiger partial charge in [-0.05, 0) is 31.9 Å². The molecule has 0 saturated carbocycles. The predicted molar refractivity (Wildman–Crippen MR) is 102 cm³/mol. The van der Waals surface area contributed by atoms with Crippen molar-refractivity contribution in [2.75, 3.05) is 24.6 Å². The molecule has 1 aromatic heterocycles. The lowest BCUT2D eigenvalue weighted by Crippen LogP contribution is -2.46. The van der Waals surface area contributed by atoms with E-state index in [4.69, 9.17) is 0 Å². The van der Waals surface area contributed by atoms with E-state index in [1.807, 2.05) is 38.2 Å². The summed E-state index contributed by atoms with van der Waals surface area (Å²) >= 11 is 0. The molecule has 7 nitrogen and oxygen atoms in total. The highest BCUT2D eigenvalue weighted by Gasteiger charge is 2.33. The summed E-state index contributed by atoms with van der Waals surface area (Å²) in [5.41, 5.74) is 2.08. The number of para-hydroxylation sites is 2. The average molecular weight is 378 g/mol. The number of sulfone groups is 1. The molecular formula is C18H26N4O3S. The second kappa shape index (κ2) is 7.65. The zero-order chi connectivity index (χ0) is 18.7. The Morgan fingerprint density at radius 3 is 2.81 bits per heavy atom. The fraction of sp³-hybridized carbons (Fsp3) is 0.556. The van der Waals surface area contributed by atoms with Gasteiger partial charge in [-0.3, -0.25) is 0 Å². The second-order valence-electron chi connectivity index (χ2n) is 6.75. The van der Waals surface area contributed by atoms with Crippen molar-refractivity contribution in [2.45, 2.75) is 32.2 Å². The Labute approximate surface area is 154 Å². The maximum absolute atomic E-state index is 12.4. The first-order chi connectivity index (χ1) is 12.4. The van der Waals surface area contributed by atoms with Crippen molar-refractivity contribution in [3.8, 4) is 0 Å². The van der Waals surface area contributed by atoms with Crippen LogP contribution in [-0.2, 0) is 23.3 Å². The number of fused-ring (bicyclic) bond motifs is 1. The maximum Gasteiger partial charge on any atom is 0.317 e. The van der Waals surface area contributed by atoms with Crippen molar-refractivity contribution in [1.29, 1.82) is 0 Å². The van der Waals surface area contributed by atoms with Crippen LogP contribution in [0.2, 0.25) is 0 Å². The number of hydrogen-bond acceptors (Lipinski definition) is 4. The van der Waals surface area contributed by atoms with Crippen molar-refractivity contribution in [2.24, 2.45) is 7.05 Å². The number of nitrogens with one attached hydrogen (secondary N) is 1. The van der Waals surface area contributed by atoms with Gasteiger partial charge in [0.2, 0.25) is 0 Å². The summed E-state index contributed by atoms with van der Waals surface area (Å²) in [4.78, 5) is 18.7. The molecule has 3 rings (SSSR count). The van der Waals surface area contributed by atoms with Gasteiger partial charge in [-0.2, -0.15) is 0 Å². The maximum atomic E-state index is 12.4. The van der Waals surface area contributed by atoms with E-state index < -0.39 is 9.84 Å². The average Bonchev–Trinajstić information content (AvgIpc) is 3.12. The lowest BCUT2D eigenvalue weighted by Gasteiger charge is -2.27. The van der Waals surface area contributed by atoms with Gasteiger partial charge >= 0.3 is 6.03 Å². The largest absolute Gasteiger partial charge is 0.338 e. The molecule has 142 valence electrons. The Morgan fingerprint density at radius 2 is 2.15 bits per heavy atom. The number of carbonyl (C=O) groups is 1. The topological polar surface area (TPSA) is 84.3 Å². The SMILES string of the molecule is CCN(C(=O)NCCCc1nc2ccccc2n1C)C1CCS(=O)(=O)C1. The highest BCUT2D eigenvalue weighted by molar-refractivity contribution is 7.91. The first kappa shape index (κ1) is 18.7. The number of hydrogen-bond donors (Lipinski definition) is 1. The predicted octanol–water partition coefficient (Wildman–Crippen LogP) is 1.72. The second-order valence-corrected chi connectivity index (χ2v) is 8.98. The molecular weight excluding hydrogens is 352 g/mol. The molecule has 1 fully saturated rings. The third-order valence-corrected chi connectivity index (χ3v) is 6.73. The van der Waals surface area contributed by atoms with Crippen LogP contribution in [-0.4, -0.2) is 59.5 Å². The van der Waals surface area contributed by atoms with Crippen LogP contribution in [0, 0.1) is 0 Å². The van der Waals surface area contributed by atoms with E-state index in [0.717, 1.165) is 29.7 Å². The minimum absolute atomic E-state index is 0.0775. The third-order valence-electron chi connectivity index (χ3n) is 4.98. The summed E-state index contributed by atoms with van der Waals surface area (Å²) in [7, 11) is -0.993. The van der Waals surface area contributed by atoms with Crippen molar-refractivity contribution in [1.82, 2.24) is 19.8 Å². The number of carbonyl (C=O) groups excluding carboxylic acids is 1. The van der Waals surface area contributed by atoms with Gasteiger partial charge in [0, 0.05) is 32.6 Å². The number of aryl methyl sites for hydroxylation is 2. The van der Waals surface area contributed by atoms with Crippen molar-refractivity contribution in [3.63, 3.8) is 0 Å². The molecule has 1 N–H and O–H groups in total. The normalized spacial score (nSPS) is 18.9. The number of benzene rings is 1. The number of amides is 2. The van der Waals surface area contributed by atoms with Gasteiger partial charge in [0.05, 0.1) is 22.5 Å². The monoisotopic (exact) mass is 378 g/mol. The number of nitrogens with zero attached hydrogens (tertiary/aromatic N) is 3. The van der Waals surface area contributed by atoms with E-state index in [1.165, 1.54) is 0 Å². The van der Waals surface area contributed by atoms with Gasteiger partial charge in [0.1, 0.15) is 5.82 Å². The number of aromatic nitrogens is 2. The summed E-state index contributed by atoms with van der Waals surface area (Å²) in [5, 5.41) is 2.92. The van der Waals surface area contributed by atoms with Gasteiger partial charge in [-0.25, -0.2) is 18.2 Å². The Balaban J connectivity index is 1.50. The highest BCUT2D eigenvalue weighted by Crippen LogP contribution is 2.18. The quantitative estimate of drug-likeness (QED) is 0.776. The molecule has 0 bridgehead atoms. The van der Waals surface area contributed by atoms with Gasteiger partial charge in [-0.1, -0.05) is 12.1 Å². The summed E-state index contributed by atoms with van der Waals surface area (Å²) in [6, 6.07) is 7.63. The number of urea groups is 1. The van der Waals surface area contributed by atoms with E-state index in [9.17, 15) is 13.2 Å². The molecule has 1 aliphatic heterocycles. The number of rotatable bonds is 6. The van der Waals surface area contributed by atoms with E-state index in [0.29, 0.717) is 19.5 Å². The minimum Gasteiger partial charge on any atom is -0.338 e. The van der Waals surface area contributed by atoms with Crippen LogP contribution in [0.25, 0.3) is 11.0 Å². The number of imidazole rings is 1. The summed E-state index contributed by atoms with van der Waals surface area (Å²) < 4.78 is 25.4. The van der Waals surface area contributed by atoms with Crippen LogP contribution in [0.15, 0.2) is 24.3 Å². The highest BCUT2D eigenvalue weighted by atomic mass is 32.2. The fourth-order valence-electron chi connectivity index (χ4n) is 3.55. The molecule has 1 unspecified atom stereocenters. The Kier molecular flexibility index (Phi) is 5.50. The van der Waals surface area contributed by atoms with Crippen LogP contribution in [0.5, 0.6) is 0 Å². The van der Waals surface area contributed by atoms with Crippen LogP contribution in [0.3, 0.4) is 0 Å². The molecule has 1 saturated heterocycles. The Bertz CT molecular complexity index is 891. The smallest absolute Gasteiger partial charge is 0.317 e. The molecule has 1 aliphatic rings. The molecule has 8 heteroatoms. The molecule has 0 radical (unpaired) electrons. The summed E-state index contributed by atoms with van der Waals surface area (Å²) in [6.07, 6.45) is 2.09. The molecule has 2 amide bonds. The van der Waals surface area contributed by atoms with E-state index in [1.54, 1.807) is 4.90 Å². The first-order valence-corrected chi connectivity index (χ1v) is 10.9.